The lowest BCUT2D eigenvalue weighted by Crippen LogP contribution is -2.15. The fraction of sp³-hybridized carbons (Fsp3) is 0.440. The highest BCUT2D eigenvalue weighted by Gasteiger charge is 2.18. The lowest BCUT2D eigenvalue weighted by molar-refractivity contribution is -0.113. The fourth-order valence-electron chi connectivity index (χ4n) is 4.21. The van der Waals surface area contributed by atoms with E-state index in [1.54, 1.807) is 0 Å². The van der Waals surface area contributed by atoms with Crippen molar-refractivity contribution in [2.45, 2.75) is 63.6 Å². The minimum absolute atomic E-state index is 0.0956. The Morgan fingerprint density at radius 1 is 1.24 bits per heavy atom. The highest BCUT2D eigenvalue weighted by atomic mass is 32.2. The van der Waals surface area contributed by atoms with E-state index < -0.39 is 0 Å². The Labute approximate surface area is 203 Å². The van der Waals surface area contributed by atoms with Gasteiger partial charge in [-0.1, -0.05) is 79.8 Å². The van der Waals surface area contributed by atoms with E-state index in [-0.39, 0.29) is 11.7 Å². The van der Waals surface area contributed by atoms with E-state index in [4.69, 9.17) is 0 Å². The average Bonchev–Trinajstić information content (AvgIpc) is 3.45. The number of allylic oxidation sites excluding steroid dienone is 1. The molecule has 0 aliphatic heterocycles. The maximum absolute atomic E-state index is 12.5. The summed E-state index contributed by atoms with van der Waals surface area (Å²) in [5.41, 5.74) is 3.13. The summed E-state index contributed by atoms with van der Waals surface area (Å²) in [7, 11) is 0. The van der Waals surface area contributed by atoms with Gasteiger partial charge in [-0.15, -0.1) is 28.1 Å². The molecule has 33 heavy (non-hydrogen) atoms. The molecular formula is C25H31N5OS2. The molecule has 2 aromatic heterocycles. The molecule has 0 spiro atoms. The van der Waals surface area contributed by atoms with E-state index in [1.165, 1.54) is 60.8 Å². The van der Waals surface area contributed by atoms with Crippen molar-refractivity contribution in [2.75, 3.05) is 11.1 Å². The number of aromatic nitrogens is 4. The number of thiazole rings is 1. The summed E-state index contributed by atoms with van der Waals surface area (Å²) >= 11 is 2.84. The molecule has 2 heterocycles. The lowest BCUT2D eigenvalue weighted by atomic mass is 9.86. The van der Waals surface area contributed by atoms with Gasteiger partial charge in [-0.3, -0.25) is 4.79 Å². The molecule has 1 aliphatic carbocycles. The molecule has 1 amide bonds. The van der Waals surface area contributed by atoms with Gasteiger partial charge in [0.05, 0.1) is 11.4 Å². The van der Waals surface area contributed by atoms with Gasteiger partial charge in [0.1, 0.15) is 5.82 Å². The van der Waals surface area contributed by atoms with E-state index in [0.29, 0.717) is 11.7 Å². The third-order valence-corrected chi connectivity index (χ3v) is 7.76. The van der Waals surface area contributed by atoms with Gasteiger partial charge in [0.2, 0.25) is 5.91 Å². The molecule has 0 bridgehead atoms. The van der Waals surface area contributed by atoms with Gasteiger partial charge in [0, 0.05) is 23.9 Å². The zero-order chi connectivity index (χ0) is 23.0. The van der Waals surface area contributed by atoms with Crippen LogP contribution < -0.4 is 5.32 Å². The van der Waals surface area contributed by atoms with Crippen LogP contribution in [-0.2, 0) is 17.8 Å². The number of anilines is 1. The van der Waals surface area contributed by atoms with Crippen molar-refractivity contribution in [3.8, 4) is 11.3 Å². The zero-order valence-corrected chi connectivity index (χ0v) is 20.8. The Hall–Kier alpha value is -2.45. The molecule has 3 aromatic rings. The second-order valence-corrected chi connectivity index (χ2v) is 10.4. The van der Waals surface area contributed by atoms with E-state index in [9.17, 15) is 4.79 Å². The maximum atomic E-state index is 12.5. The van der Waals surface area contributed by atoms with Crippen molar-refractivity contribution in [3.63, 3.8) is 0 Å². The van der Waals surface area contributed by atoms with Crippen LogP contribution in [0.15, 0.2) is 47.5 Å². The van der Waals surface area contributed by atoms with Gasteiger partial charge in [-0.2, -0.15) is 0 Å². The molecule has 0 atom stereocenters. The van der Waals surface area contributed by atoms with Gasteiger partial charge in [0.15, 0.2) is 10.3 Å². The van der Waals surface area contributed by atoms with Crippen molar-refractivity contribution in [1.29, 1.82) is 0 Å². The van der Waals surface area contributed by atoms with E-state index in [2.05, 4.69) is 50.7 Å². The molecule has 1 aliphatic rings. The molecule has 0 radical (unpaired) electrons. The van der Waals surface area contributed by atoms with Crippen LogP contribution in [0.2, 0.25) is 0 Å². The van der Waals surface area contributed by atoms with Crippen LogP contribution in [0.5, 0.6) is 0 Å². The van der Waals surface area contributed by atoms with Crippen molar-refractivity contribution < 1.29 is 4.79 Å². The maximum Gasteiger partial charge on any atom is 0.236 e. The summed E-state index contributed by atoms with van der Waals surface area (Å²) in [4.78, 5) is 17.1. The van der Waals surface area contributed by atoms with Gasteiger partial charge >= 0.3 is 0 Å². The van der Waals surface area contributed by atoms with Crippen LogP contribution in [0, 0.1) is 12.8 Å². The number of aryl methyl sites for hydroxylation is 2. The Morgan fingerprint density at radius 3 is 2.79 bits per heavy atom. The standard InChI is InChI=1S/C25H31N5OS2/c1-3-15-30-22(14-11-19-7-5-4-6-8-19)28-29-25(30)33-17-23(31)27-24-26-21(16-32-24)20-12-9-18(2)10-13-20/h3,9-10,12-13,16,19H,1,4-8,11,14-15,17H2,2H3,(H,26,27,31). The topological polar surface area (TPSA) is 72.7 Å². The number of carbonyl (C=O) groups is 1. The van der Waals surface area contributed by atoms with Gasteiger partial charge in [-0.25, -0.2) is 4.98 Å². The highest BCUT2D eigenvalue weighted by molar-refractivity contribution is 7.99. The van der Waals surface area contributed by atoms with Crippen LogP contribution in [0.4, 0.5) is 5.13 Å². The van der Waals surface area contributed by atoms with Crippen LogP contribution in [0.25, 0.3) is 11.3 Å². The molecule has 1 saturated carbocycles. The monoisotopic (exact) mass is 481 g/mol. The van der Waals surface area contributed by atoms with Gasteiger partial charge < -0.3 is 9.88 Å². The van der Waals surface area contributed by atoms with Crippen molar-refractivity contribution in [3.05, 3.63) is 53.7 Å². The third kappa shape index (κ3) is 6.54. The number of thioether (sulfide) groups is 1. The summed E-state index contributed by atoms with van der Waals surface area (Å²) in [5.74, 6) is 1.96. The second kappa shape index (κ2) is 11.6. The number of carbonyl (C=O) groups excluding carboxylic acids is 1. The molecular weight excluding hydrogens is 450 g/mol. The summed E-state index contributed by atoms with van der Waals surface area (Å²) in [5, 5.41) is 15.0. The number of nitrogens with zero attached hydrogens (tertiary/aromatic N) is 4. The first-order chi connectivity index (χ1) is 16.1. The Morgan fingerprint density at radius 2 is 2.03 bits per heavy atom. The molecule has 0 saturated heterocycles. The molecule has 1 aromatic carbocycles. The molecule has 174 valence electrons. The molecule has 8 heteroatoms. The van der Waals surface area contributed by atoms with Crippen LogP contribution >= 0.6 is 23.1 Å². The number of amides is 1. The van der Waals surface area contributed by atoms with E-state index in [0.717, 1.165) is 41.0 Å². The summed E-state index contributed by atoms with van der Waals surface area (Å²) in [6.45, 7) is 6.59. The van der Waals surface area contributed by atoms with Crippen LogP contribution in [0.1, 0.15) is 49.9 Å². The number of benzene rings is 1. The normalized spacial score (nSPS) is 14.3. The Balaban J connectivity index is 1.31. The SMILES string of the molecule is C=CCn1c(CCC2CCCCC2)nnc1SCC(=O)Nc1nc(-c2ccc(C)cc2)cs1. The van der Waals surface area contributed by atoms with Crippen molar-refractivity contribution >= 4 is 34.1 Å². The largest absolute Gasteiger partial charge is 0.302 e. The number of rotatable bonds is 10. The second-order valence-electron chi connectivity index (χ2n) is 8.58. The lowest BCUT2D eigenvalue weighted by Gasteiger charge is -2.21. The predicted octanol–water partition coefficient (Wildman–Crippen LogP) is 6.14. The summed E-state index contributed by atoms with van der Waals surface area (Å²) in [6.07, 6.45) is 10.7. The minimum atomic E-state index is -0.0956. The zero-order valence-electron chi connectivity index (χ0n) is 19.1. The first-order valence-electron chi connectivity index (χ1n) is 11.6. The number of hydrogen-bond acceptors (Lipinski definition) is 6. The van der Waals surface area contributed by atoms with Gasteiger partial charge in [-0.05, 0) is 19.3 Å². The Bertz CT molecular complexity index is 1070. The smallest absolute Gasteiger partial charge is 0.236 e. The molecule has 1 N–H and O–H groups in total. The summed E-state index contributed by atoms with van der Waals surface area (Å²) < 4.78 is 2.09. The van der Waals surface area contributed by atoms with Crippen molar-refractivity contribution in [2.24, 2.45) is 5.92 Å². The molecule has 1 fully saturated rings. The summed E-state index contributed by atoms with van der Waals surface area (Å²) in [6, 6.07) is 8.22. The molecule has 6 nitrogen and oxygen atoms in total. The fourth-order valence-corrected chi connectivity index (χ4v) is 5.71. The first kappa shape index (κ1) is 23.7. The quantitative estimate of drug-likeness (QED) is 0.278. The number of hydrogen-bond donors (Lipinski definition) is 1. The average molecular weight is 482 g/mol. The van der Waals surface area contributed by atoms with Crippen molar-refractivity contribution in [1.82, 2.24) is 19.7 Å². The third-order valence-electron chi connectivity index (χ3n) is 6.04. The first-order valence-corrected chi connectivity index (χ1v) is 13.5. The van der Waals surface area contributed by atoms with Crippen LogP contribution in [-0.4, -0.2) is 31.4 Å². The highest BCUT2D eigenvalue weighted by Crippen LogP contribution is 2.28. The van der Waals surface area contributed by atoms with Gasteiger partial charge in [0.25, 0.3) is 0 Å². The Kier molecular flexibility index (Phi) is 8.34. The van der Waals surface area contributed by atoms with Crippen LogP contribution in [0.3, 0.4) is 0 Å². The molecule has 4 rings (SSSR count). The van der Waals surface area contributed by atoms with E-state index in [1.807, 2.05) is 23.6 Å². The minimum Gasteiger partial charge on any atom is -0.302 e. The van der Waals surface area contributed by atoms with E-state index >= 15 is 0 Å². The molecule has 0 unspecified atom stereocenters. The predicted molar refractivity (Wildman–Crippen MR) is 137 cm³/mol. The number of nitrogens with one attached hydrogen (secondary N) is 1.